The van der Waals surface area contributed by atoms with Gasteiger partial charge in [-0.25, -0.2) is 0 Å². The standard InChI is InChI=1S/C21H10NO3/c23-17-10-15-18(21(25)13-7-3-2-6-12(13)20(15)24)19-14(17)9-11-5-1-4-8-16(11)22-19/h1-9,22H. The van der Waals surface area contributed by atoms with Crippen molar-refractivity contribution >= 4 is 22.5 Å². The Morgan fingerprint density at radius 3 is 2.24 bits per heavy atom. The monoisotopic (exact) mass is 324 g/mol. The van der Waals surface area contributed by atoms with Crippen LogP contribution >= 0.6 is 0 Å². The van der Waals surface area contributed by atoms with E-state index in [9.17, 15) is 14.4 Å². The van der Waals surface area contributed by atoms with Gasteiger partial charge in [0.1, 0.15) is 0 Å². The molecule has 0 unspecified atom stereocenters. The molecular formula is C21H10NO3. The summed E-state index contributed by atoms with van der Waals surface area (Å²) in [6, 6.07) is 18.5. The van der Waals surface area contributed by atoms with E-state index in [2.05, 4.69) is 11.1 Å². The number of hydrogen-bond donors (Lipinski definition) is 1. The third-order valence-corrected chi connectivity index (χ3v) is 4.64. The third kappa shape index (κ3) is 1.79. The van der Waals surface area contributed by atoms with Crippen LogP contribution in [0.5, 0.6) is 0 Å². The minimum absolute atomic E-state index is 0.0488. The van der Waals surface area contributed by atoms with Crippen LogP contribution < -0.4 is 5.43 Å². The van der Waals surface area contributed by atoms with E-state index in [1.807, 2.05) is 24.3 Å². The first-order valence-electron chi connectivity index (χ1n) is 7.84. The lowest BCUT2D eigenvalue weighted by Crippen LogP contribution is -2.26. The summed E-state index contributed by atoms with van der Waals surface area (Å²) in [7, 11) is 0. The van der Waals surface area contributed by atoms with Crippen molar-refractivity contribution in [2.75, 3.05) is 0 Å². The van der Waals surface area contributed by atoms with Crippen LogP contribution in [0.15, 0.2) is 59.4 Å². The summed E-state index contributed by atoms with van der Waals surface area (Å²) in [6.45, 7) is 0. The van der Waals surface area contributed by atoms with E-state index >= 15 is 0 Å². The third-order valence-electron chi connectivity index (χ3n) is 4.64. The highest BCUT2D eigenvalue weighted by atomic mass is 16.1. The number of hydrogen-bond acceptors (Lipinski definition) is 3. The first-order valence-corrected chi connectivity index (χ1v) is 7.84. The molecule has 0 atom stereocenters. The fourth-order valence-corrected chi connectivity index (χ4v) is 3.46. The van der Waals surface area contributed by atoms with E-state index in [0.29, 0.717) is 22.4 Å². The molecule has 2 aromatic rings. The van der Waals surface area contributed by atoms with Gasteiger partial charge in [0.2, 0.25) is 0 Å². The molecule has 0 bridgehead atoms. The number of aromatic amines is 1. The van der Waals surface area contributed by atoms with Gasteiger partial charge in [-0.2, -0.15) is 0 Å². The number of para-hydroxylation sites is 1. The van der Waals surface area contributed by atoms with Crippen LogP contribution in [0.25, 0.3) is 22.2 Å². The van der Waals surface area contributed by atoms with Gasteiger partial charge >= 0.3 is 0 Å². The lowest BCUT2D eigenvalue weighted by atomic mass is 9.81. The zero-order valence-electron chi connectivity index (χ0n) is 12.9. The van der Waals surface area contributed by atoms with Gasteiger partial charge in [0.25, 0.3) is 0 Å². The van der Waals surface area contributed by atoms with Crippen LogP contribution in [0.3, 0.4) is 0 Å². The van der Waals surface area contributed by atoms with Crippen molar-refractivity contribution in [3.05, 3.63) is 93.1 Å². The minimum Gasteiger partial charge on any atom is -0.354 e. The summed E-state index contributed by atoms with van der Waals surface area (Å²) in [5.74, 6) is -0.608. The van der Waals surface area contributed by atoms with Crippen molar-refractivity contribution in [1.82, 2.24) is 4.98 Å². The molecule has 25 heavy (non-hydrogen) atoms. The zero-order valence-corrected chi connectivity index (χ0v) is 12.9. The van der Waals surface area contributed by atoms with Crippen molar-refractivity contribution in [3.8, 4) is 11.3 Å². The number of carbonyl (C=O) groups is 2. The molecule has 0 saturated carbocycles. The number of aromatic nitrogens is 1. The summed E-state index contributed by atoms with van der Waals surface area (Å²) in [4.78, 5) is 41.5. The van der Waals surface area contributed by atoms with Gasteiger partial charge < -0.3 is 4.98 Å². The maximum absolute atomic E-state index is 13.0. The molecule has 0 aromatic heterocycles. The molecule has 4 nitrogen and oxygen atoms in total. The molecule has 1 heterocycles. The quantitative estimate of drug-likeness (QED) is 0.445. The van der Waals surface area contributed by atoms with Gasteiger partial charge in [0.05, 0.1) is 11.3 Å². The topological polar surface area (TPSA) is 67.0 Å². The molecule has 1 N–H and O–H groups in total. The molecule has 117 valence electrons. The average Bonchev–Trinajstić information content (AvgIpc) is 2.65. The smallest absolute Gasteiger partial charge is 0.196 e. The van der Waals surface area contributed by atoms with Crippen LogP contribution in [-0.2, 0) is 0 Å². The van der Waals surface area contributed by atoms with Gasteiger partial charge in [-0.05, 0) is 17.5 Å². The largest absolute Gasteiger partial charge is 0.354 e. The van der Waals surface area contributed by atoms with Crippen LogP contribution in [0, 0.1) is 6.07 Å². The molecule has 5 rings (SSSR count). The molecule has 0 spiro atoms. The van der Waals surface area contributed by atoms with Crippen molar-refractivity contribution in [2.24, 2.45) is 0 Å². The number of nitrogens with one attached hydrogen (secondary N) is 1. The molecule has 4 heteroatoms. The zero-order chi connectivity index (χ0) is 17.1. The Bertz CT molecular complexity index is 1250. The number of ketones is 2. The normalized spacial score (nSPS) is 13.1. The minimum atomic E-state index is -0.392. The predicted octanol–water partition coefficient (Wildman–Crippen LogP) is 3.21. The van der Waals surface area contributed by atoms with Gasteiger partial charge in [-0.15, -0.1) is 0 Å². The summed E-state index contributed by atoms with van der Waals surface area (Å²) >= 11 is 0. The average molecular weight is 324 g/mol. The van der Waals surface area contributed by atoms with Gasteiger partial charge in [0.15, 0.2) is 17.0 Å². The van der Waals surface area contributed by atoms with Crippen LogP contribution in [-0.4, -0.2) is 16.6 Å². The Morgan fingerprint density at radius 2 is 1.44 bits per heavy atom. The van der Waals surface area contributed by atoms with Gasteiger partial charge in [-0.1, -0.05) is 42.5 Å². The fourth-order valence-electron chi connectivity index (χ4n) is 3.46. The Balaban J connectivity index is 1.95. The van der Waals surface area contributed by atoms with Crippen molar-refractivity contribution < 1.29 is 9.59 Å². The maximum atomic E-state index is 13.0. The van der Waals surface area contributed by atoms with Gasteiger partial charge in [-0.3, -0.25) is 14.4 Å². The molecule has 1 radical (unpaired) electrons. The predicted molar refractivity (Wildman–Crippen MR) is 93.3 cm³/mol. The second-order valence-electron chi connectivity index (χ2n) is 6.05. The van der Waals surface area contributed by atoms with Crippen LogP contribution in [0.2, 0.25) is 0 Å². The fraction of sp³-hybridized carbons (Fsp3) is 0. The summed E-state index contributed by atoms with van der Waals surface area (Å²) in [5.41, 5.74) is 2.10. The lowest BCUT2D eigenvalue weighted by Gasteiger charge is -2.21. The van der Waals surface area contributed by atoms with E-state index in [0.717, 1.165) is 10.9 Å². The molecule has 0 fully saturated rings. The number of H-pyrrole nitrogens is 1. The highest BCUT2D eigenvalue weighted by Gasteiger charge is 2.34. The van der Waals surface area contributed by atoms with E-state index in [1.54, 1.807) is 30.3 Å². The summed E-state index contributed by atoms with van der Waals surface area (Å²) < 4.78 is 0. The Morgan fingerprint density at radius 1 is 0.760 bits per heavy atom. The summed E-state index contributed by atoms with van der Waals surface area (Å²) in [5, 5.41) is 0.857. The number of rotatable bonds is 0. The SMILES string of the molecule is O=C1c2[c]c(=O)c3cc4ccccc4[nH]c-3c2C(=O)c2ccccc21. The highest BCUT2D eigenvalue weighted by molar-refractivity contribution is 6.30. The van der Waals surface area contributed by atoms with Gasteiger partial charge in [0, 0.05) is 33.8 Å². The molecular weight excluding hydrogens is 314 g/mol. The Kier molecular flexibility index (Phi) is 2.63. The Hall–Kier alpha value is -3.53. The number of fused-ring (bicyclic) bond motifs is 5. The van der Waals surface area contributed by atoms with E-state index in [4.69, 9.17) is 0 Å². The number of carbonyl (C=O) groups excluding carboxylic acids is 2. The second kappa shape index (κ2) is 4.74. The molecule has 2 aromatic carbocycles. The van der Waals surface area contributed by atoms with E-state index in [-0.39, 0.29) is 22.7 Å². The summed E-state index contributed by atoms with van der Waals surface area (Å²) in [6.07, 6.45) is 0. The van der Waals surface area contributed by atoms with Crippen molar-refractivity contribution in [2.45, 2.75) is 0 Å². The van der Waals surface area contributed by atoms with E-state index in [1.165, 1.54) is 0 Å². The van der Waals surface area contributed by atoms with Crippen molar-refractivity contribution in [1.29, 1.82) is 0 Å². The van der Waals surface area contributed by atoms with Crippen LogP contribution in [0.1, 0.15) is 31.8 Å². The van der Waals surface area contributed by atoms with Crippen LogP contribution in [0.4, 0.5) is 0 Å². The Labute approximate surface area is 142 Å². The molecule has 3 aliphatic rings. The second-order valence-corrected chi connectivity index (χ2v) is 6.05. The molecule has 0 saturated heterocycles. The molecule has 2 aliphatic carbocycles. The lowest BCUT2D eigenvalue weighted by molar-refractivity contribution is 0.0979. The first kappa shape index (κ1) is 13.9. The number of benzene rings is 3. The number of pyridine rings is 1. The molecule has 1 aliphatic heterocycles. The first-order chi connectivity index (χ1) is 12.1. The molecule has 0 amide bonds. The van der Waals surface area contributed by atoms with Crippen molar-refractivity contribution in [3.63, 3.8) is 0 Å². The highest BCUT2D eigenvalue weighted by Crippen LogP contribution is 2.34. The maximum Gasteiger partial charge on any atom is 0.196 e. The van der Waals surface area contributed by atoms with E-state index < -0.39 is 5.43 Å².